The fourth-order valence-electron chi connectivity index (χ4n) is 5.24. The highest BCUT2D eigenvalue weighted by Crippen LogP contribution is 2.77. The van der Waals surface area contributed by atoms with Gasteiger partial charge >= 0.3 is 0 Å². The largest absolute Gasteiger partial charge is 0.393 e. The lowest BCUT2D eigenvalue weighted by molar-refractivity contribution is 0.117. The first kappa shape index (κ1) is 10.1. The highest BCUT2D eigenvalue weighted by Gasteiger charge is 2.74. The highest BCUT2D eigenvalue weighted by molar-refractivity contribution is 5.22. The van der Waals surface area contributed by atoms with Gasteiger partial charge in [-0.05, 0) is 60.7 Å². The molecule has 0 aromatic carbocycles. The minimum Gasteiger partial charge on any atom is -0.393 e. The standard InChI is InChI=1S/C14H24O/c1-8(2)10-5-4-9(3)14-7-6-11(15)13(14)12(10)14/h8-13,15H,4-7H2,1-3H3/t9-,10-,11+,12+,13+,14+/m0/s1. The van der Waals surface area contributed by atoms with Gasteiger partial charge in [0.1, 0.15) is 0 Å². The van der Waals surface area contributed by atoms with E-state index in [1.807, 2.05) is 0 Å². The van der Waals surface area contributed by atoms with Crippen LogP contribution in [0.2, 0.25) is 0 Å². The fourth-order valence-corrected chi connectivity index (χ4v) is 5.24. The van der Waals surface area contributed by atoms with Gasteiger partial charge in [0.15, 0.2) is 0 Å². The molecule has 3 aliphatic rings. The molecule has 0 unspecified atom stereocenters. The number of rotatable bonds is 1. The van der Waals surface area contributed by atoms with Gasteiger partial charge in [-0.3, -0.25) is 0 Å². The van der Waals surface area contributed by atoms with Crippen LogP contribution in [0.1, 0.15) is 46.5 Å². The predicted molar refractivity (Wildman–Crippen MR) is 61.4 cm³/mol. The topological polar surface area (TPSA) is 20.2 Å². The van der Waals surface area contributed by atoms with Crippen LogP contribution in [0.5, 0.6) is 0 Å². The van der Waals surface area contributed by atoms with Crippen molar-refractivity contribution in [2.75, 3.05) is 0 Å². The molecule has 86 valence electrons. The molecule has 1 spiro atoms. The van der Waals surface area contributed by atoms with Crippen molar-refractivity contribution in [3.05, 3.63) is 0 Å². The van der Waals surface area contributed by atoms with Gasteiger partial charge < -0.3 is 5.11 Å². The van der Waals surface area contributed by atoms with Gasteiger partial charge in [-0.15, -0.1) is 0 Å². The van der Waals surface area contributed by atoms with Crippen LogP contribution in [-0.4, -0.2) is 11.2 Å². The molecule has 0 aromatic heterocycles. The molecule has 3 fully saturated rings. The third kappa shape index (κ3) is 1.08. The Kier molecular flexibility index (Phi) is 2.03. The van der Waals surface area contributed by atoms with E-state index < -0.39 is 0 Å². The Hall–Kier alpha value is -0.0400. The quantitative estimate of drug-likeness (QED) is 0.702. The van der Waals surface area contributed by atoms with Crippen molar-refractivity contribution in [2.45, 2.75) is 52.6 Å². The second-order valence-electron chi connectivity index (χ2n) is 6.66. The minimum atomic E-state index is 0.0387. The summed E-state index contributed by atoms with van der Waals surface area (Å²) in [5.74, 6) is 4.16. The Morgan fingerprint density at radius 2 is 1.87 bits per heavy atom. The number of aliphatic hydroxyl groups excluding tert-OH is 1. The molecule has 0 amide bonds. The van der Waals surface area contributed by atoms with Crippen LogP contribution in [0.15, 0.2) is 0 Å². The summed E-state index contributed by atoms with van der Waals surface area (Å²) in [6, 6.07) is 0. The van der Waals surface area contributed by atoms with Crippen LogP contribution in [0.3, 0.4) is 0 Å². The van der Waals surface area contributed by atoms with E-state index in [9.17, 15) is 5.11 Å². The predicted octanol–water partition coefficient (Wildman–Crippen LogP) is 3.08. The van der Waals surface area contributed by atoms with E-state index in [-0.39, 0.29) is 6.10 Å². The number of aliphatic hydroxyl groups is 1. The zero-order chi connectivity index (χ0) is 10.8. The zero-order valence-electron chi connectivity index (χ0n) is 10.2. The Morgan fingerprint density at radius 3 is 2.53 bits per heavy atom. The second kappa shape index (κ2) is 3.00. The van der Waals surface area contributed by atoms with Gasteiger partial charge in [0.25, 0.3) is 0 Å². The highest BCUT2D eigenvalue weighted by atomic mass is 16.3. The average Bonchev–Trinajstić information content (AvgIpc) is 2.75. The smallest absolute Gasteiger partial charge is 0.0577 e. The monoisotopic (exact) mass is 208 g/mol. The lowest BCUT2D eigenvalue weighted by Gasteiger charge is -2.35. The van der Waals surface area contributed by atoms with Crippen molar-refractivity contribution >= 4 is 0 Å². The zero-order valence-corrected chi connectivity index (χ0v) is 10.2. The Morgan fingerprint density at radius 1 is 1.13 bits per heavy atom. The third-order valence-corrected chi connectivity index (χ3v) is 5.97. The van der Waals surface area contributed by atoms with Crippen LogP contribution in [0.4, 0.5) is 0 Å². The molecule has 15 heavy (non-hydrogen) atoms. The normalized spacial score (nSPS) is 57.8. The van der Waals surface area contributed by atoms with E-state index in [0.29, 0.717) is 11.3 Å². The number of fused-ring (bicyclic) bond motifs is 1. The number of hydrogen-bond acceptors (Lipinski definition) is 1. The summed E-state index contributed by atoms with van der Waals surface area (Å²) in [6.07, 6.45) is 5.25. The molecule has 3 aliphatic carbocycles. The van der Waals surface area contributed by atoms with Crippen molar-refractivity contribution < 1.29 is 5.11 Å². The van der Waals surface area contributed by atoms with Gasteiger partial charge in [0.05, 0.1) is 6.10 Å². The van der Waals surface area contributed by atoms with E-state index in [2.05, 4.69) is 20.8 Å². The number of hydrogen-bond donors (Lipinski definition) is 1. The summed E-state index contributed by atoms with van der Waals surface area (Å²) in [5.41, 5.74) is 0.590. The Balaban J connectivity index is 1.88. The van der Waals surface area contributed by atoms with Crippen molar-refractivity contribution in [2.24, 2.45) is 35.0 Å². The summed E-state index contributed by atoms with van der Waals surface area (Å²) in [5, 5.41) is 10.1. The maximum Gasteiger partial charge on any atom is 0.0577 e. The van der Waals surface area contributed by atoms with Crippen molar-refractivity contribution in [3.63, 3.8) is 0 Å². The molecule has 3 rings (SSSR count). The van der Waals surface area contributed by atoms with Gasteiger partial charge in [-0.25, -0.2) is 0 Å². The van der Waals surface area contributed by atoms with E-state index in [1.54, 1.807) is 0 Å². The van der Waals surface area contributed by atoms with Crippen molar-refractivity contribution in [1.29, 1.82) is 0 Å². The Labute approximate surface area is 93.3 Å². The van der Waals surface area contributed by atoms with E-state index in [1.165, 1.54) is 19.3 Å². The van der Waals surface area contributed by atoms with Crippen LogP contribution < -0.4 is 0 Å². The summed E-state index contributed by atoms with van der Waals surface area (Å²) in [4.78, 5) is 0. The third-order valence-electron chi connectivity index (χ3n) is 5.97. The molecule has 1 nitrogen and oxygen atoms in total. The summed E-state index contributed by atoms with van der Waals surface area (Å²) < 4.78 is 0. The Bertz CT molecular complexity index is 273. The average molecular weight is 208 g/mol. The van der Waals surface area contributed by atoms with Crippen molar-refractivity contribution in [1.82, 2.24) is 0 Å². The first-order chi connectivity index (χ1) is 7.09. The molecule has 3 saturated carbocycles. The van der Waals surface area contributed by atoms with E-state index in [4.69, 9.17) is 0 Å². The molecule has 0 bridgehead atoms. The van der Waals surface area contributed by atoms with Gasteiger partial charge in [0.2, 0.25) is 0 Å². The SMILES string of the molecule is CC(C)[C@@H]1CC[C@H](C)[C@@]23CC[C@@H](O)[C@@H]2[C@@H]13. The van der Waals surface area contributed by atoms with Gasteiger partial charge in [-0.1, -0.05) is 20.8 Å². The minimum absolute atomic E-state index is 0.0387. The lowest BCUT2D eigenvalue weighted by atomic mass is 9.70. The molecule has 0 aromatic rings. The molecular formula is C14H24O. The first-order valence-electron chi connectivity index (χ1n) is 6.77. The summed E-state index contributed by atoms with van der Waals surface area (Å²) in [6.45, 7) is 7.17. The molecule has 1 heteroatoms. The van der Waals surface area contributed by atoms with Crippen LogP contribution in [-0.2, 0) is 0 Å². The molecule has 0 aliphatic heterocycles. The van der Waals surface area contributed by atoms with Crippen LogP contribution in [0, 0.1) is 35.0 Å². The van der Waals surface area contributed by atoms with E-state index >= 15 is 0 Å². The fraction of sp³-hybridized carbons (Fsp3) is 1.00. The van der Waals surface area contributed by atoms with Crippen LogP contribution in [0.25, 0.3) is 0 Å². The maximum atomic E-state index is 10.1. The van der Waals surface area contributed by atoms with Crippen LogP contribution >= 0.6 is 0 Å². The lowest BCUT2D eigenvalue weighted by Crippen LogP contribution is -2.28. The molecular weight excluding hydrogens is 184 g/mol. The summed E-state index contributed by atoms with van der Waals surface area (Å²) in [7, 11) is 0. The molecule has 6 atom stereocenters. The van der Waals surface area contributed by atoms with Gasteiger partial charge in [-0.2, -0.15) is 0 Å². The summed E-state index contributed by atoms with van der Waals surface area (Å²) >= 11 is 0. The van der Waals surface area contributed by atoms with E-state index in [0.717, 1.165) is 30.1 Å². The molecule has 0 saturated heterocycles. The second-order valence-corrected chi connectivity index (χ2v) is 6.66. The molecule has 0 heterocycles. The first-order valence-corrected chi connectivity index (χ1v) is 6.77. The molecule has 1 N–H and O–H groups in total. The van der Waals surface area contributed by atoms with Crippen molar-refractivity contribution in [3.8, 4) is 0 Å². The maximum absolute atomic E-state index is 10.1. The van der Waals surface area contributed by atoms with Gasteiger partial charge in [0, 0.05) is 0 Å². The molecule has 0 radical (unpaired) electrons.